The van der Waals surface area contributed by atoms with Gasteiger partial charge in [0.25, 0.3) is 0 Å². The average molecular weight is 369 g/mol. The van der Waals surface area contributed by atoms with Crippen LogP contribution < -0.4 is 0 Å². The van der Waals surface area contributed by atoms with Crippen molar-refractivity contribution in [3.05, 3.63) is 46.8 Å². The molecule has 1 aliphatic rings. The van der Waals surface area contributed by atoms with Crippen molar-refractivity contribution in [3.63, 3.8) is 0 Å². The first-order valence-electron chi connectivity index (χ1n) is 9.44. The van der Waals surface area contributed by atoms with E-state index in [-0.39, 0.29) is 17.6 Å². The van der Waals surface area contributed by atoms with Gasteiger partial charge in [0, 0.05) is 31.1 Å². The zero-order valence-corrected chi connectivity index (χ0v) is 15.7. The number of aromatic nitrogens is 4. The molecule has 1 saturated heterocycles. The molecule has 2 aromatic heterocycles. The molecule has 0 unspecified atom stereocenters. The van der Waals surface area contributed by atoms with E-state index in [4.69, 9.17) is 0 Å². The molecular formula is C20H24FN5O. The lowest BCUT2D eigenvalue weighted by Gasteiger charge is -2.31. The van der Waals surface area contributed by atoms with Gasteiger partial charge in [0.15, 0.2) is 0 Å². The largest absolute Gasteiger partial charge is 0.343 e. The van der Waals surface area contributed by atoms with Crippen LogP contribution in [0.3, 0.4) is 0 Å². The molecule has 1 amide bonds. The van der Waals surface area contributed by atoms with Gasteiger partial charge in [-0.15, -0.1) is 0 Å². The lowest BCUT2D eigenvalue weighted by atomic mass is 9.95. The average Bonchev–Trinajstić information content (AvgIpc) is 3.23. The van der Waals surface area contributed by atoms with Gasteiger partial charge in [-0.2, -0.15) is 5.10 Å². The van der Waals surface area contributed by atoms with Crippen LogP contribution in [0.25, 0.3) is 11.0 Å². The summed E-state index contributed by atoms with van der Waals surface area (Å²) in [6.45, 7) is 5.43. The fourth-order valence-corrected chi connectivity index (χ4v) is 3.93. The van der Waals surface area contributed by atoms with E-state index in [1.165, 1.54) is 12.1 Å². The number of nitrogens with zero attached hydrogens (tertiary/aromatic N) is 3. The maximum atomic E-state index is 13.4. The second-order valence-corrected chi connectivity index (χ2v) is 7.35. The minimum Gasteiger partial charge on any atom is -0.343 e. The van der Waals surface area contributed by atoms with Crippen LogP contribution in [0, 0.1) is 19.7 Å². The number of amides is 1. The Bertz CT molecular complexity index is 949. The summed E-state index contributed by atoms with van der Waals surface area (Å²) in [4.78, 5) is 22.4. The molecule has 142 valence electrons. The number of nitrogens with one attached hydrogen (secondary N) is 2. The van der Waals surface area contributed by atoms with Crippen LogP contribution in [0.5, 0.6) is 0 Å². The Morgan fingerprint density at radius 3 is 2.78 bits per heavy atom. The minimum atomic E-state index is -0.263. The third-order valence-electron chi connectivity index (χ3n) is 5.57. The maximum Gasteiger partial charge on any atom is 0.222 e. The number of carbonyl (C=O) groups excluding carboxylic acids is 1. The van der Waals surface area contributed by atoms with Gasteiger partial charge >= 0.3 is 0 Å². The summed E-state index contributed by atoms with van der Waals surface area (Å²) in [6.07, 6.45) is 2.98. The lowest BCUT2D eigenvalue weighted by molar-refractivity contribution is -0.132. The third-order valence-corrected chi connectivity index (χ3v) is 5.57. The van der Waals surface area contributed by atoms with Gasteiger partial charge < -0.3 is 9.88 Å². The number of halogens is 1. The molecule has 0 radical (unpaired) electrons. The van der Waals surface area contributed by atoms with Gasteiger partial charge in [-0.25, -0.2) is 9.37 Å². The van der Waals surface area contributed by atoms with Gasteiger partial charge in [-0.1, -0.05) is 0 Å². The van der Waals surface area contributed by atoms with Crippen molar-refractivity contribution in [1.82, 2.24) is 25.1 Å². The van der Waals surface area contributed by atoms with Gasteiger partial charge in [-0.05, 0) is 56.9 Å². The Labute approximate surface area is 157 Å². The van der Waals surface area contributed by atoms with Crippen molar-refractivity contribution in [3.8, 4) is 0 Å². The van der Waals surface area contributed by atoms with Crippen molar-refractivity contribution in [1.29, 1.82) is 0 Å². The van der Waals surface area contributed by atoms with E-state index in [2.05, 4.69) is 20.2 Å². The number of aromatic amines is 2. The lowest BCUT2D eigenvalue weighted by Crippen LogP contribution is -2.38. The molecule has 7 heteroatoms. The van der Waals surface area contributed by atoms with E-state index < -0.39 is 0 Å². The fraction of sp³-hybridized carbons (Fsp3) is 0.450. The molecule has 3 aromatic rings. The summed E-state index contributed by atoms with van der Waals surface area (Å²) in [7, 11) is 0. The Balaban J connectivity index is 1.34. The van der Waals surface area contributed by atoms with Crippen molar-refractivity contribution >= 4 is 16.9 Å². The number of fused-ring (bicyclic) bond motifs is 1. The molecule has 2 N–H and O–H groups in total. The van der Waals surface area contributed by atoms with Crippen molar-refractivity contribution in [2.24, 2.45) is 0 Å². The summed E-state index contributed by atoms with van der Waals surface area (Å²) in [5.41, 5.74) is 4.68. The fourth-order valence-electron chi connectivity index (χ4n) is 3.93. The molecule has 27 heavy (non-hydrogen) atoms. The highest BCUT2D eigenvalue weighted by molar-refractivity contribution is 5.77. The quantitative estimate of drug-likeness (QED) is 0.740. The Morgan fingerprint density at radius 1 is 1.30 bits per heavy atom. The first-order valence-corrected chi connectivity index (χ1v) is 9.44. The summed E-state index contributed by atoms with van der Waals surface area (Å²) < 4.78 is 13.4. The molecule has 6 nitrogen and oxygen atoms in total. The summed E-state index contributed by atoms with van der Waals surface area (Å²) in [5.74, 6) is 1.11. The van der Waals surface area contributed by atoms with Crippen LogP contribution in [-0.4, -0.2) is 44.1 Å². The smallest absolute Gasteiger partial charge is 0.222 e. The van der Waals surface area contributed by atoms with Crippen molar-refractivity contribution in [2.75, 3.05) is 13.1 Å². The second-order valence-electron chi connectivity index (χ2n) is 7.35. The zero-order valence-electron chi connectivity index (χ0n) is 15.7. The molecule has 4 rings (SSSR count). The number of benzene rings is 1. The maximum absolute atomic E-state index is 13.4. The number of piperidine rings is 1. The number of aryl methyl sites for hydroxylation is 2. The molecule has 0 atom stereocenters. The first-order chi connectivity index (χ1) is 13.0. The first kappa shape index (κ1) is 17.7. The molecule has 0 bridgehead atoms. The number of rotatable bonds is 4. The van der Waals surface area contributed by atoms with E-state index in [9.17, 15) is 9.18 Å². The van der Waals surface area contributed by atoms with Crippen LogP contribution >= 0.6 is 0 Å². The van der Waals surface area contributed by atoms with E-state index in [1.54, 1.807) is 6.07 Å². The standard InChI is InChI=1S/C20H24FN5O/c1-12-16(13(2)25-24-12)4-6-19(27)26-9-7-14(8-10-26)20-22-17-5-3-15(21)11-18(17)23-20/h3,5,11,14H,4,6-10H2,1-2H3,(H,22,23)(H,24,25). The highest BCUT2D eigenvalue weighted by Crippen LogP contribution is 2.28. The number of carbonyl (C=O) groups is 1. The molecular weight excluding hydrogens is 345 g/mol. The number of H-pyrrole nitrogens is 2. The van der Waals surface area contributed by atoms with Crippen LogP contribution in [0.2, 0.25) is 0 Å². The minimum absolute atomic E-state index is 0.195. The Hall–Kier alpha value is -2.70. The topological polar surface area (TPSA) is 77.7 Å². The van der Waals surface area contributed by atoms with Gasteiger partial charge in [0.1, 0.15) is 11.6 Å². The second kappa shape index (κ2) is 7.13. The highest BCUT2D eigenvalue weighted by Gasteiger charge is 2.26. The molecule has 3 heterocycles. The van der Waals surface area contributed by atoms with Crippen LogP contribution in [0.4, 0.5) is 4.39 Å². The van der Waals surface area contributed by atoms with E-state index in [1.807, 2.05) is 18.7 Å². The van der Waals surface area contributed by atoms with Gasteiger partial charge in [0.2, 0.25) is 5.91 Å². The summed E-state index contributed by atoms with van der Waals surface area (Å²) >= 11 is 0. The van der Waals surface area contributed by atoms with E-state index >= 15 is 0 Å². The molecule has 1 fully saturated rings. The Kier molecular flexibility index (Phi) is 4.68. The third kappa shape index (κ3) is 3.59. The SMILES string of the molecule is Cc1n[nH]c(C)c1CCC(=O)N1CCC(c2nc3ccc(F)cc3[nH]2)CC1. The number of hydrogen-bond donors (Lipinski definition) is 2. The van der Waals surface area contributed by atoms with Crippen molar-refractivity contribution in [2.45, 2.75) is 45.4 Å². The zero-order chi connectivity index (χ0) is 19.0. The molecule has 0 aliphatic carbocycles. The number of hydrogen-bond acceptors (Lipinski definition) is 3. The molecule has 1 aliphatic heterocycles. The number of likely N-dealkylation sites (tertiary alicyclic amines) is 1. The molecule has 0 spiro atoms. The normalized spacial score (nSPS) is 15.6. The van der Waals surface area contributed by atoms with Crippen LogP contribution in [0.1, 0.15) is 48.0 Å². The summed E-state index contributed by atoms with van der Waals surface area (Å²) in [6, 6.07) is 4.60. The Morgan fingerprint density at radius 2 is 2.07 bits per heavy atom. The van der Waals surface area contributed by atoms with Gasteiger partial charge in [-0.3, -0.25) is 9.89 Å². The van der Waals surface area contributed by atoms with Crippen LogP contribution in [0.15, 0.2) is 18.2 Å². The molecule has 1 aromatic carbocycles. The van der Waals surface area contributed by atoms with Gasteiger partial charge in [0.05, 0.1) is 16.7 Å². The monoisotopic (exact) mass is 369 g/mol. The van der Waals surface area contributed by atoms with Crippen molar-refractivity contribution < 1.29 is 9.18 Å². The highest BCUT2D eigenvalue weighted by atomic mass is 19.1. The number of imidazole rings is 1. The predicted octanol–water partition coefficient (Wildman–Crippen LogP) is 3.38. The molecule has 0 saturated carbocycles. The van der Waals surface area contributed by atoms with Crippen LogP contribution in [-0.2, 0) is 11.2 Å². The van der Waals surface area contributed by atoms with E-state index in [0.29, 0.717) is 6.42 Å². The predicted molar refractivity (Wildman–Crippen MR) is 101 cm³/mol. The van der Waals surface area contributed by atoms with E-state index in [0.717, 1.165) is 66.2 Å². The summed E-state index contributed by atoms with van der Waals surface area (Å²) in [5, 5.41) is 7.16.